The van der Waals surface area contributed by atoms with Gasteiger partial charge in [0, 0.05) is 17.6 Å². The second-order valence-corrected chi connectivity index (χ2v) is 4.39. The molecule has 2 heterocycles. The first-order valence-electron chi connectivity index (χ1n) is 6.21. The molecule has 1 aromatic carbocycles. The molecule has 0 saturated carbocycles. The van der Waals surface area contributed by atoms with Gasteiger partial charge in [0.2, 0.25) is 0 Å². The first-order valence-corrected chi connectivity index (χ1v) is 6.21. The van der Waals surface area contributed by atoms with Crippen LogP contribution in [0.4, 0.5) is 5.82 Å². The fraction of sp³-hybridized carbons (Fsp3) is 0.133. The number of hydrogen-bond donors (Lipinski definition) is 1. The van der Waals surface area contributed by atoms with E-state index in [1.54, 1.807) is 18.7 Å². The molecule has 0 fully saturated rings. The van der Waals surface area contributed by atoms with E-state index in [0.717, 1.165) is 16.7 Å². The standard InChI is InChI=1S/C15H14N4/c1-11(12-5-3-2-4-6-12)19-15-13-7-8-16-9-14(13)17-10-18-15/h2-11H,1H3,(H,17,18,19)/t11-/m1/s1. The number of fused-ring (bicyclic) bond motifs is 1. The van der Waals surface area contributed by atoms with Crippen molar-refractivity contribution in [3.05, 3.63) is 60.7 Å². The van der Waals surface area contributed by atoms with Crippen molar-refractivity contribution >= 4 is 16.7 Å². The SMILES string of the molecule is C[C@@H](Nc1ncnc2cnccc12)c1ccccc1. The number of aromatic nitrogens is 3. The van der Waals surface area contributed by atoms with Gasteiger partial charge in [0.25, 0.3) is 0 Å². The number of pyridine rings is 1. The lowest BCUT2D eigenvalue weighted by molar-refractivity contribution is 0.876. The highest BCUT2D eigenvalue weighted by atomic mass is 15.0. The van der Waals surface area contributed by atoms with Gasteiger partial charge in [-0.05, 0) is 18.6 Å². The molecule has 19 heavy (non-hydrogen) atoms. The summed E-state index contributed by atoms with van der Waals surface area (Å²) in [6.07, 6.45) is 5.06. The first-order chi connectivity index (χ1) is 9.34. The van der Waals surface area contributed by atoms with Gasteiger partial charge < -0.3 is 5.32 Å². The summed E-state index contributed by atoms with van der Waals surface area (Å²) in [5.41, 5.74) is 2.07. The lowest BCUT2D eigenvalue weighted by atomic mass is 10.1. The molecular weight excluding hydrogens is 236 g/mol. The highest BCUT2D eigenvalue weighted by Gasteiger charge is 2.08. The van der Waals surface area contributed by atoms with E-state index in [2.05, 4.69) is 39.3 Å². The van der Waals surface area contributed by atoms with Crippen LogP contribution in [0.3, 0.4) is 0 Å². The van der Waals surface area contributed by atoms with Crippen molar-refractivity contribution in [3.63, 3.8) is 0 Å². The van der Waals surface area contributed by atoms with Crippen LogP contribution in [0, 0.1) is 0 Å². The molecule has 0 aliphatic carbocycles. The summed E-state index contributed by atoms with van der Waals surface area (Å²) in [6.45, 7) is 2.12. The number of rotatable bonds is 3. The van der Waals surface area contributed by atoms with Gasteiger partial charge in [-0.15, -0.1) is 0 Å². The Morgan fingerprint density at radius 3 is 2.74 bits per heavy atom. The average molecular weight is 250 g/mol. The van der Waals surface area contributed by atoms with E-state index in [1.807, 2.05) is 24.3 Å². The van der Waals surface area contributed by atoms with Gasteiger partial charge in [-0.2, -0.15) is 0 Å². The second kappa shape index (κ2) is 5.02. The summed E-state index contributed by atoms with van der Waals surface area (Å²) in [5.74, 6) is 0.837. The van der Waals surface area contributed by atoms with Crippen molar-refractivity contribution < 1.29 is 0 Å². The Bertz CT molecular complexity index is 677. The highest BCUT2D eigenvalue weighted by Crippen LogP contribution is 2.22. The molecule has 94 valence electrons. The van der Waals surface area contributed by atoms with E-state index < -0.39 is 0 Å². The number of anilines is 1. The van der Waals surface area contributed by atoms with E-state index >= 15 is 0 Å². The third kappa shape index (κ3) is 2.38. The minimum Gasteiger partial charge on any atom is -0.363 e. The summed E-state index contributed by atoms with van der Waals surface area (Å²) < 4.78 is 0. The number of nitrogens with zero attached hydrogens (tertiary/aromatic N) is 3. The van der Waals surface area contributed by atoms with Crippen LogP contribution in [-0.2, 0) is 0 Å². The summed E-state index contributed by atoms with van der Waals surface area (Å²) >= 11 is 0. The normalized spacial score (nSPS) is 12.3. The first kappa shape index (κ1) is 11.6. The molecule has 0 saturated heterocycles. The quantitative estimate of drug-likeness (QED) is 0.775. The number of nitrogens with one attached hydrogen (secondary N) is 1. The van der Waals surface area contributed by atoms with Crippen LogP contribution in [0.5, 0.6) is 0 Å². The predicted octanol–water partition coefficient (Wildman–Crippen LogP) is 3.20. The Morgan fingerprint density at radius 2 is 1.89 bits per heavy atom. The number of hydrogen-bond acceptors (Lipinski definition) is 4. The largest absolute Gasteiger partial charge is 0.363 e. The average Bonchev–Trinajstić information content (AvgIpc) is 2.48. The van der Waals surface area contributed by atoms with E-state index in [1.165, 1.54) is 5.56 Å². The van der Waals surface area contributed by atoms with Crippen molar-refractivity contribution in [2.75, 3.05) is 5.32 Å². The predicted molar refractivity (Wildman–Crippen MR) is 75.8 cm³/mol. The van der Waals surface area contributed by atoms with Crippen molar-refractivity contribution in [1.29, 1.82) is 0 Å². The Kier molecular flexibility index (Phi) is 3.06. The van der Waals surface area contributed by atoms with Crippen LogP contribution in [0.1, 0.15) is 18.5 Å². The molecule has 0 spiro atoms. The molecule has 3 aromatic rings. The molecule has 0 bridgehead atoms. The van der Waals surface area contributed by atoms with Gasteiger partial charge in [0.15, 0.2) is 0 Å². The second-order valence-electron chi connectivity index (χ2n) is 4.39. The maximum atomic E-state index is 4.32. The minimum absolute atomic E-state index is 0.187. The molecule has 0 amide bonds. The maximum absolute atomic E-state index is 4.32. The lowest BCUT2D eigenvalue weighted by Crippen LogP contribution is -2.08. The van der Waals surface area contributed by atoms with Gasteiger partial charge in [0.1, 0.15) is 12.1 Å². The fourth-order valence-electron chi connectivity index (χ4n) is 2.05. The zero-order valence-electron chi connectivity index (χ0n) is 10.6. The molecule has 0 radical (unpaired) electrons. The molecule has 0 unspecified atom stereocenters. The Labute approximate surface area is 111 Å². The van der Waals surface area contributed by atoms with Gasteiger partial charge in [0.05, 0.1) is 11.7 Å². The molecule has 3 rings (SSSR count). The Hall–Kier alpha value is -2.49. The number of benzene rings is 1. The molecule has 0 aliphatic heterocycles. The fourth-order valence-corrected chi connectivity index (χ4v) is 2.05. The summed E-state index contributed by atoms with van der Waals surface area (Å²) in [4.78, 5) is 12.6. The van der Waals surface area contributed by atoms with Crippen LogP contribution >= 0.6 is 0 Å². The monoisotopic (exact) mass is 250 g/mol. The van der Waals surface area contributed by atoms with Crippen LogP contribution in [-0.4, -0.2) is 15.0 Å². The topological polar surface area (TPSA) is 50.7 Å². The van der Waals surface area contributed by atoms with Crippen LogP contribution in [0.2, 0.25) is 0 Å². The van der Waals surface area contributed by atoms with Crippen LogP contribution in [0.25, 0.3) is 10.9 Å². The van der Waals surface area contributed by atoms with Gasteiger partial charge in [-0.3, -0.25) is 4.98 Å². The van der Waals surface area contributed by atoms with Gasteiger partial charge >= 0.3 is 0 Å². The van der Waals surface area contributed by atoms with Crippen LogP contribution < -0.4 is 5.32 Å². The Morgan fingerprint density at radius 1 is 1.05 bits per heavy atom. The summed E-state index contributed by atoms with van der Waals surface area (Å²) in [7, 11) is 0. The maximum Gasteiger partial charge on any atom is 0.137 e. The molecular formula is C15H14N4. The van der Waals surface area contributed by atoms with Crippen molar-refractivity contribution in [2.45, 2.75) is 13.0 Å². The van der Waals surface area contributed by atoms with Crippen molar-refractivity contribution in [3.8, 4) is 0 Å². The molecule has 0 aliphatic rings. The Balaban J connectivity index is 1.94. The van der Waals surface area contributed by atoms with E-state index in [4.69, 9.17) is 0 Å². The lowest BCUT2D eigenvalue weighted by Gasteiger charge is -2.15. The van der Waals surface area contributed by atoms with E-state index in [9.17, 15) is 0 Å². The summed E-state index contributed by atoms with van der Waals surface area (Å²) in [5, 5.41) is 4.41. The third-order valence-corrected chi connectivity index (χ3v) is 3.09. The minimum atomic E-state index is 0.187. The summed E-state index contributed by atoms with van der Waals surface area (Å²) in [6, 6.07) is 12.4. The molecule has 1 atom stereocenters. The molecule has 4 nitrogen and oxygen atoms in total. The van der Waals surface area contributed by atoms with Crippen molar-refractivity contribution in [2.24, 2.45) is 0 Å². The highest BCUT2D eigenvalue weighted by molar-refractivity contribution is 5.88. The van der Waals surface area contributed by atoms with E-state index in [0.29, 0.717) is 0 Å². The molecule has 2 aromatic heterocycles. The third-order valence-electron chi connectivity index (χ3n) is 3.09. The zero-order chi connectivity index (χ0) is 13.1. The van der Waals surface area contributed by atoms with Gasteiger partial charge in [-0.25, -0.2) is 9.97 Å². The molecule has 1 N–H and O–H groups in total. The smallest absolute Gasteiger partial charge is 0.137 e. The molecule has 4 heteroatoms. The van der Waals surface area contributed by atoms with Gasteiger partial charge in [-0.1, -0.05) is 30.3 Å². The van der Waals surface area contributed by atoms with Crippen LogP contribution in [0.15, 0.2) is 55.1 Å². The van der Waals surface area contributed by atoms with E-state index in [-0.39, 0.29) is 6.04 Å². The van der Waals surface area contributed by atoms with Crippen molar-refractivity contribution in [1.82, 2.24) is 15.0 Å². The zero-order valence-corrected chi connectivity index (χ0v) is 10.6.